The first kappa shape index (κ1) is 25.0. The summed E-state index contributed by atoms with van der Waals surface area (Å²) >= 11 is 0. The summed E-state index contributed by atoms with van der Waals surface area (Å²) in [5, 5.41) is 20.7. The summed E-state index contributed by atoms with van der Waals surface area (Å²) < 4.78 is 5.11. The fraction of sp³-hybridized carbons (Fsp3) is 0.538. The van der Waals surface area contributed by atoms with Crippen LogP contribution in [0.2, 0.25) is 0 Å². The fourth-order valence-electron chi connectivity index (χ4n) is 3.98. The molecular formula is C26H36O5. The number of aryl methyl sites for hydroxylation is 1. The zero-order chi connectivity index (χ0) is 22.6. The predicted octanol–water partition coefficient (Wildman–Crippen LogP) is 4.17. The number of allylic oxidation sites excluding steroid dienone is 3. The van der Waals surface area contributed by atoms with E-state index in [9.17, 15) is 19.8 Å². The third-order valence-corrected chi connectivity index (χ3v) is 5.62. The van der Waals surface area contributed by atoms with Crippen molar-refractivity contribution in [3.05, 3.63) is 60.2 Å². The molecule has 1 aliphatic rings. The Morgan fingerprint density at radius 3 is 2.55 bits per heavy atom. The number of aliphatic hydroxyl groups excluding tert-OH is 2. The Morgan fingerprint density at radius 1 is 1.10 bits per heavy atom. The van der Waals surface area contributed by atoms with Crippen molar-refractivity contribution >= 4 is 11.8 Å². The van der Waals surface area contributed by atoms with Crippen LogP contribution in [0.5, 0.6) is 0 Å². The van der Waals surface area contributed by atoms with Gasteiger partial charge in [-0.05, 0) is 57.1 Å². The Morgan fingerprint density at radius 2 is 1.84 bits per heavy atom. The van der Waals surface area contributed by atoms with Crippen molar-refractivity contribution in [2.45, 2.75) is 77.1 Å². The van der Waals surface area contributed by atoms with Crippen molar-refractivity contribution in [3.63, 3.8) is 0 Å². The molecule has 5 heteroatoms. The second kappa shape index (κ2) is 13.2. The molecule has 1 saturated carbocycles. The summed E-state index contributed by atoms with van der Waals surface area (Å²) in [5.74, 6) is -0.503. The van der Waals surface area contributed by atoms with Gasteiger partial charge in [0.15, 0.2) is 5.78 Å². The number of ether oxygens (including phenoxy) is 1. The summed E-state index contributed by atoms with van der Waals surface area (Å²) in [7, 11) is 0. The molecule has 5 nitrogen and oxygen atoms in total. The van der Waals surface area contributed by atoms with Crippen LogP contribution in [0.1, 0.15) is 57.9 Å². The van der Waals surface area contributed by atoms with Gasteiger partial charge in [0.25, 0.3) is 0 Å². The molecule has 2 rings (SSSR count). The molecule has 1 fully saturated rings. The number of carbonyl (C=O) groups is 2. The number of hydrogen-bond donors (Lipinski definition) is 2. The van der Waals surface area contributed by atoms with Gasteiger partial charge in [-0.15, -0.1) is 0 Å². The number of rotatable bonds is 12. The van der Waals surface area contributed by atoms with Crippen LogP contribution in [0.4, 0.5) is 0 Å². The molecule has 0 heterocycles. The van der Waals surface area contributed by atoms with Crippen molar-refractivity contribution in [2.75, 3.05) is 0 Å². The Kier molecular flexibility index (Phi) is 10.7. The smallest absolute Gasteiger partial charge is 0.306 e. The highest BCUT2D eigenvalue weighted by Crippen LogP contribution is 2.36. The van der Waals surface area contributed by atoms with Gasteiger partial charge >= 0.3 is 5.97 Å². The first-order chi connectivity index (χ1) is 14.9. The molecule has 0 amide bonds. The number of esters is 1. The monoisotopic (exact) mass is 428 g/mol. The van der Waals surface area contributed by atoms with Gasteiger partial charge in [0.05, 0.1) is 18.3 Å². The standard InChI is InChI=1S/C26H36O5/c1-19(2)31-26(30)13-9-4-3-8-12-22-23(25(29)18-24(22)28)17-16-21(27)15-14-20-10-6-5-7-11-20/h3,5-8,10-11,16-17,19,22-25,28-29H,4,9,12-15,18H2,1-2H3. The Labute approximate surface area is 185 Å². The lowest BCUT2D eigenvalue weighted by Gasteiger charge is -2.19. The third-order valence-electron chi connectivity index (χ3n) is 5.62. The van der Waals surface area contributed by atoms with Crippen LogP contribution >= 0.6 is 0 Å². The van der Waals surface area contributed by atoms with E-state index in [1.54, 1.807) is 12.2 Å². The van der Waals surface area contributed by atoms with E-state index in [0.29, 0.717) is 32.1 Å². The van der Waals surface area contributed by atoms with E-state index in [-0.39, 0.29) is 29.7 Å². The van der Waals surface area contributed by atoms with Crippen molar-refractivity contribution in [3.8, 4) is 0 Å². The van der Waals surface area contributed by atoms with Crippen LogP contribution in [0, 0.1) is 11.8 Å². The first-order valence-electron chi connectivity index (χ1n) is 11.3. The molecule has 0 radical (unpaired) electrons. The van der Waals surface area contributed by atoms with Crippen LogP contribution < -0.4 is 0 Å². The van der Waals surface area contributed by atoms with E-state index in [1.807, 2.05) is 56.3 Å². The average Bonchev–Trinajstić information content (AvgIpc) is 3.00. The van der Waals surface area contributed by atoms with Crippen molar-refractivity contribution in [2.24, 2.45) is 11.8 Å². The van der Waals surface area contributed by atoms with Gasteiger partial charge in [-0.25, -0.2) is 0 Å². The molecule has 1 aromatic carbocycles. The molecule has 2 N–H and O–H groups in total. The number of benzene rings is 1. The van der Waals surface area contributed by atoms with E-state index in [4.69, 9.17) is 4.74 Å². The number of aliphatic hydroxyl groups is 2. The number of unbranched alkanes of at least 4 members (excludes halogenated alkanes) is 1. The zero-order valence-corrected chi connectivity index (χ0v) is 18.7. The molecular weight excluding hydrogens is 392 g/mol. The summed E-state index contributed by atoms with van der Waals surface area (Å²) in [4.78, 5) is 23.8. The molecule has 0 spiro atoms. The van der Waals surface area contributed by atoms with E-state index in [0.717, 1.165) is 18.4 Å². The highest BCUT2D eigenvalue weighted by atomic mass is 16.5. The van der Waals surface area contributed by atoms with Gasteiger partial charge < -0.3 is 14.9 Å². The van der Waals surface area contributed by atoms with Crippen LogP contribution in [-0.2, 0) is 20.7 Å². The molecule has 0 saturated heterocycles. The molecule has 1 aromatic rings. The molecule has 4 atom stereocenters. The maximum atomic E-state index is 12.2. The van der Waals surface area contributed by atoms with E-state index >= 15 is 0 Å². The predicted molar refractivity (Wildman–Crippen MR) is 121 cm³/mol. The van der Waals surface area contributed by atoms with Crippen LogP contribution in [0.25, 0.3) is 0 Å². The lowest BCUT2D eigenvalue weighted by atomic mass is 9.89. The highest BCUT2D eigenvalue weighted by molar-refractivity contribution is 5.89. The Bertz CT molecular complexity index is 737. The maximum Gasteiger partial charge on any atom is 0.306 e. The van der Waals surface area contributed by atoms with Crippen LogP contribution in [0.15, 0.2) is 54.6 Å². The number of hydrogen-bond acceptors (Lipinski definition) is 5. The molecule has 0 bridgehead atoms. The van der Waals surface area contributed by atoms with Gasteiger partial charge in [0, 0.05) is 25.2 Å². The lowest BCUT2D eigenvalue weighted by Crippen LogP contribution is -2.20. The first-order valence-corrected chi connectivity index (χ1v) is 11.3. The number of carbonyl (C=O) groups excluding carboxylic acids is 2. The fourth-order valence-corrected chi connectivity index (χ4v) is 3.98. The lowest BCUT2D eigenvalue weighted by molar-refractivity contribution is -0.147. The quantitative estimate of drug-likeness (QED) is 0.226. The highest BCUT2D eigenvalue weighted by Gasteiger charge is 2.39. The molecule has 4 unspecified atom stereocenters. The summed E-state index contributed by atoms with van der Waals surface area (Å²) in [6.45, 7) is 3.67. The second-order valence-electron chi connectivity index (χ2n) is 8.56. The topological polar surface area (TPSA) is 83.8 Å². The molecule has 1 aliphatic carbocycles. The van der Waals surface area contributed by atoms with Gasteiger partial charge in [0.2, 0.25) is 0 Å². The second-order valence-corrected chi connectivity index (χ2v) is 8.56. The van der Waals surface area contributed by atoms with Crippen molar-refractivity contribution in [1.29, 1.82) is 0 Å². The van der Waals surface area contributed by atoms with Crippen LogP contribution in [-0.4, -0.2) is 40.3 Å². The molecule has 31 heavy (non-hydrogen) atoms. The Hall–Kier alpha value is -2.24. The molecule has 170 valence electrons. The van der Waals surface area contributed by atoms with Gasteiger partial charge in [-0.3, -0.25) is 9.59 Å². The van der Waals surface area contributed by atoms with Crippen molar-refractivity contribution < 1.29 is 24.5 Å². The third kappa shape index (κ3) is 9.19. The minimum Gasteiger partial charge on any atom is -0.463 e. The minimum absolute atomic E-state index is 0.0278. The van der Waals surface area contributed by atoms with E-state index in [1.165, 1.54) is 0 Å². The van der Waals surface area contributed by atoms with Gasteiger partial charge in [-0.2, -0.15) is 0 Å². The van der Waals surface area contributed by atoms with E-state index < -0.39 is 12.2 Å². The summed E-state index contributed by atoms with van der Waals surface area (Å²) in [6.07, 6.45) is 9.96. The molecule has 0 aliphatic heterocycles. The van der Waals surface area contributed by atoms with Crippen molar-refractivity contribution in [1.82, 2.24) is 0 Å². The minimum atomic E-state index is -0.641. The largest absolute Gasteiger partial charge is 0.463 e. The average molecular weight is 429 g/mol. The summed E-state index contributed by atoms with van der Waals surface area (Å²) in [6, 6.07) is 9.88. The van der Waals surface area contributed by atoms with Gasteiger partial charge in [-0.1, -0.05) is 48.6 Å². The zero-order valence-electron chi connectivity index (χ0n) is 18.7. The summed E-state index contributed by atoms with van der Waals surface area (Å²) in [5.41, 5.74) is 1.13. The SMILES string of the molecule is CC(C)OC(=O)CCCC=CCC1C(O)CC(O)C1C=CC(=O)CCc1ccccc1. The maximum absolute atomic E-state index is 12.2. The Balaban J connectivity index is 1.77. The number of ketones is 1. The molecule has 0 aromatic heterocycles. The van der Waals surface area contributed by atoms with Crippen LogP contribution in [0.3, 0.4) is 0 Å². The van der Waals surface area contributed by atoms with Gasteiger partial charge in [0.1, 0.15) is 0 Å². The van der Waals surface area contributed by atoms with E-state index in [2.05, 4.69) is 0 Å². The normalized spacial score (nSPS) is 23.8.